The van der Waals surface area contributed by atoms with E-state index in [4.69, 9.17) is 14.1 Å². The first kappa shape index (κ1) is 22.3. The Kier molecular flexibility index (Phi) is 6.89. The standard InChI is InChI=1S/C28H28N2O3/c1-19-14-15-24(32-3)23(18-19)20(2)29-25(31)16-17-26-30-27(21-10-6-4-7-11-21)28(33-26)22-12-8-5-9-13-22/h4-15,18,20H,16-17H2,1-3H3,(H,29,31)/t20-/m1/s1. The lowest BCUT2D eigenvalue weighted by atomic mass is 10.0. The molecule has 1 N–H and O–H groups in total. The zero-order chi connectivity index (χ0) is 23.2. The fourth-order valence-corrected chi connectivity index (χ4v) is 3.85. The smallest absolute Gasteiger partial charge is 0.220 e. The molecule has 168 valence electrons. The van der Waals surface area contributed by atoms with Crippen molar-refractivity contribution in [2.24, 2.45) is 0 Å². The number of methoxy groups -OCH3 is 1. The van der Waals surface area contributed by atoms with Gasteiger partial charge in [0.05, 0.1) is 13.2 Å². The number of aromatic nitrogens is 1. The topological polar surface area (TPSA) is 64.4 Å². The van der Waals surface area contributed by atoms with Crippen molar-refractivity contribution >= 4 is 5.91 Å². The summed E-state index contributed by atoms with van der Waals surface area (Å²) in [4.78, 5) is 17.4. The van der Waals surface area contributed by atoms with Crippen molar-refractivity contribution in [3.05, 3.63) is 95.9 Å². The third-order valence-electron chi connectivity index (χ3n) is 5.55. The van der Waals surface area contributed by atoms with Crippen molar-refractivity contribution in [3.63, 3.8) is 0 Å². The molecule has 1 atom stereocenters. The lowest BCUT2D eigenvalue weighted by molar-refractivity contribution is -0.121. The van der Waals surface area contributed by atoms with E-state index in [0.29, 0.717) is 12.3 Å². The minimum Gasteiger partial charge on any atom is -0.496 e. The predicted octanol–water partition coefficient (Wildman–Crippen LogP) is 6.14. The molecule has 0 aliphatic heterocycles. The molecule has 0 spiro atoms. The van der Waals surface area contributed by atoms with E-state index in [-0.39, 0.29) is 18.4 Å². The largest absolute Gasteiger partial charge is 0.496 e. The van der Waals surface area contributed by atoms with Gasteiger partial charge < -0.3 is 14.5 Å². The van der Waals surface area contributed by atoms with Crippen LogP contribution >= 0.6 is 0 Å². The Hall–Kier alpha value is -3.86. The highest BCUT2D eigenvalue weighted by Gasteiger charge is 2.19. The number of aryl methyl sites for hydroxylation is 2. The van der Waals surface area contributed by atoms with Crippen LogP contribution in [0.15, 0.2) is 83.3 Å². The lowest BCUT2D eigenvalue weighted by Crippen LogP contribution is -2.27. The number of oxazole rings is 1. The number of carbonyl (C=O) groups is 1. The number of rotatable bonds is 8. The van der Waals surface area contributed by atoms with Crippen molar-refractivity contribution in [1.82, 2.24) is 10.3 Å². The van der Waals surface area contributed by atoms with Crippen molar-refractivity contribution in [1.29, 1.82) is 0 Å². The highest BCUT2D eigenvalue weighted by Crippen LogP contribution is 2.33. The Morgan fingerprint density at radius 2 is 1.67 bits per heavy atom. The van der Waals surface area contributed by atoms with Gasteiger partial charge in [0.25, 0.3) is 0 Å². The highest BCUT2D eigenvalue weighted by atomic mass is 16.5. The zero-order valence-corrected chi connectivity index (χ0v) is 19.2. The van der Waals surface area contributed by atoms with Crippen LogP contribution in [0.1, 0.15) is 36.4 Å². The number of hydrogen-bond acceptors (Lipinski definition) is 4. The SMILES string of the molecule is COc1ccc(C)cc1[C@@H](C)NC(=O)CCc1nc(-c2ccccc2)c(-c2ccccc2)o1. The summed E-state index contributed by atoms with van der Waals surface area (Å²) in [6, 6.07) is 25.7. The quantitative estimate of drug-likeness (QED) is 0.358. The van der Waals surface area contributed by atoms with Crippen LogP contribution < -0.4 is 10.1 Å². The second kappa shape index (κ2) is 10.2. The lowest BCUT2D eigenvalue weighted by Gasteiger charge is -2.18. The van der Waals surface area contributed by atoms with Crippen LogP contribution in [0.5, 0.6) is 5.75 Å². The molecule has 0 fully saturated rings. The summed E-state index contributed by atoms with van der Waals surface area (Å²) in [7, 11) is 1.64. The summed E-state index contributed by atoms with van der Waals surface area (Å²) in [6.07, 6.45) is 0.692. The molecule has 4 rings (SSSR count). The second-order valence-electron chi connectivity index (χ2n) is 8.05. The van der Waals surface area contributed by atoms with Crippen LogP contribution in [0.4, 0.5) is 0 Å². The fraction of sp³-hybridized carbons (Fsp3) is 0.214. The van der Waals surface area contributed by atoms with Gasteiger partial charge in [-0.25, -0.2) is 4.98 Å². The van der Waals surface area contributed by atoms with E-state index in [1.165, 1.54) is 0 Å². The van der Waals surface area contributed by atoms with E-state index in [0.717, 1.165) is 39.5 Å². The van der Waals surface area contributed by atoms with E-state index in [1.54, 1.807) is 7.11 Å². The number of benzene rings is 3. The molecular formula is C28H28N2O3. The average Bonchev–Trinajstić information content (AvgIpc) is 3.28. The zero-order valence-electron chi connectivity index (χ0n) is 19.2. The van der Waals surface area contributed by atoms with Gasteiger partial charge in [-0.1, -0.05) is 78.4 Å². The molecule has 33 heavy (non-hydrogen) atoms. The van der Waals surface area contributed by atoms with Gasteiger partial charge in [-0.05, 0) is 19.9 Å². The number of ether oxygens (including phenoxy) is 1. The molecule has 1 heterocycles. The Balaban J connectivity index is 1.49. The Morgan fingerprint density at radius 3 is 2.33 bits per heavy atom. The number of carbonyl (C=O) groups excluding carboxylic acids is 1. The summed E-state index contributed by atoms with van der Waals surface area (Å²) < 4.78 is 11.6. The molecular weight excluding hydrogens is 412 g/mol. The first-order chi connectivity index (χ1) is 16.0. The van der Waals surface area contributed by atoms with Crippen LogP contribution in [0.3, 0.4) is 0 Å². The molecule has 0 aliphatic carbocycles. The first-order valence-electron chi connectivity index (χ1n) is 11.1. The number of amides is 1. The van der Waals surface area contributed by atoms with Gasteiger partial charge in [0, 0.05) is 29.5 Å². The number of nitrogens with one attached hydrogen (secondary N) is 1. The minimum absolute atomic E-state index is 0.0632. The van der Waals surface area contributed by atoms with E-state index < -0.39 is 0 Å². The molecule has 0 bridgehead atoms. The Labute approximate surface area is 194 Å². The summed E-state index contributed by atoms with van der Waals surface area (Å²) in [5.41, 5.74) is 4.80. The van der Waals surface area contributed by atoms with Gasteiger partial charge in [0.1, 0.15) is 11.4 Å². The molecule has 3 aromatic carbocycles. The predicted molar refractivity (Wildman–Crippen MR) is 130 cm³/mol. The molecule has 0 saturated carbocycles. The molecule has 0 aliphatic rings. The van der Waals surface area contributed by atoms with Gasteiger partial charge in [-0.15, -0.1) is 0 Å². The summed E-state index contributed by atoms with van der Waals surface area (Å²) in [6.45, 7) is 3.98. The number of nitrogens with zero attached hydrogens (tertiary/aromatic N) is 1. The van der Waals surface area contributed by atoms with E-state index in [2.05, 4.69) is 5.32 Å². The van der Waals surface area contributed by atoms with Crippen LogP contribution in [0.25, 0.3) is 22.6 Å². The minimum atomic E-state index is -0.170. The average molecular weight is 441 g/mol. The maximum atomic E-state index is 12.7. The molecule has 0 radical (unpaired) electrons. The summed E-state index contributed by atoms with van der Waals surface area (Å²) in [5, 5.41) is 3.06. The monoisotopic (exact) mass is 440 g/mol. The van der Waals surface area contributed by atoms with E-state index >= 15 is 0 Å². The van der Waals surface area contributed by atoms with Gasteiger partial charge in [-0.2, -0.15) is 0 Å². The molecule has 0 unspecified atom stereocenters. The van der Waals surface area contributed by atoms with Crippen molar-refractivity contribution in [2.45, 2.75) is 32.7 Å². The third kappa shape index (κ3) is 5.32. The van der Waals surface area contributed by atoms with Crippen molar-refractivity contribution < 1.29 is 13.9 Å². The van der Waals surface area contributed by atoms with E-state index in [9.17, 15) is 4.79 Å². The van der Waals surface area contributed by atoms with Gasteiger partial charge in [0.2, 0.25) is 5.91 Å². The number of hydrogen-bond donors (Lipinski definition) is 1. The van der Waals surface area contributed by atoms with Gasteiger partial charge >= 0.3 is 0 Å². The Bertz CT molecular complexity index is 1160. The van der Waals surface area contributed by atoms with Gasteiger partial charge in [0.15, 0.2) is 11.7 Å². The molecule has 1 amide bonds. The van der Waals surface area contributed by atoms with Gasteiger partial charge in [-0.3, -0.25) is 4.79 Å². The van der Waals surface area contributed by atoms with Crippen LogP contribution in [0.2, 0.25) is 0 Å². The maximum Gasteiger partial charge on any atom is 0.220 e. The fourth-order valence-electron chi connectivity index (χ4n) is 3.85. The van der Waals surface area contributed by atoms with Crippen molar-refractivity contribution in [2.75, 3.05) is 7.11 Å². The summed E-state index contributed by atoms with van der Waals surface area (Å²) in [5.74, 6) is 1.96. The van der Waals surface area contributed by atoms with Crippen LogP contribution in [0, 0.1) is 6.92 Å². The first-order valence-corrected chi connectivity index (χ1v) is 11.1. The Morgan fingerprint density at radius 1 is 1.00 bits per heavy atom. The second-order valence-corrected chi connectivity index (χ2v) is 8.05. The highest BCUT2D eigenvalue weighted by molar-refractivity contribution is 5.78. The molecule has 5 nitrogen and oxygen atoms in total. The summed E-state index contributed by atoms with van der Waals surface area (Å²) >= 11 is 0. The van der Waals surface area contributed by atoms with Crippen molar-refractivity contribution in [3.8, 4) is 28.3 Å². The third-order valence-corrected chi connectivity index (χ3v) is 5.55. The molecule has 4 aromatic rings. The van der Waals surface area contributed by atoms with E-state index in [1.807, 2.05) is 92.7 Å². The maximum absolute atomic E-state index is 12.7. The van der Waals surface area contributed by atoms with Crippen LogP contribution in [-0.4, -0.2) is 18.0 Å². The normalized spacial score (nSPS) is 11.7. The molecule has 5 heteroatoms. The van der Waals surface area contributed by atoms with Crippen LogP contribution in [-0.2, 0) is 11.2 Å². The molecule has 0 saturated heterocycles. The molecule has 1 aromatic heterocycles.